The number of amides is 1. The number of carbonyl (C=O) groups is 1. The number of aromatic nitrogens is 4. The van der Waals surface area contributed by atoms with Gasteiger partial charge in [0.1, 0.15) is 5.82 Å². The van der Waals surface area contributed by atoms with Crippen LogP contribution in [0.3, 0.4) is 0 Å². The minimum absolute atomic E-state index is 0.0580. The zero-order valence-electron chi connectivity index (χ0n) is 15.2. The molecule has 0 saturated heterocycles. The van der Waals surface area contributed by atoms with E-state index < -0.39 is 0 Å². The van der Waals surface area contributed by atoms with Gasteiger partial charge in [-0.1, -0.05) is 23.7 Å². The number of nitrogens with one attached hydrogen (secondary N) is 1. The number of hydrogen-bond donors (Lipinski definition) is 1. The lowest BCUT2D eigenvalue weighted by Gasteiger charge is -2.15. The standard InChI is InChI=1S/C19H18ClN5OS/c1-10-7-11(2)22-19(21-10)25-18-16(12(3)24-25)17(27-9-15(26)23-18)13-5-4-6-14(20)8-13/h4-8,17H,9H2,1-3H3,(H,23,26)/t17-/m0/s1. The largest absolute Gasteiger partial charge is 0.309 e. The van der Waals surface area contributed by atoms with E-state index in [-0.39, 0.29) is 11.2 Å². The lowest BCUT2D eigenvalue weighted by atomic mass is 10.0. The van der Waals surface area contributed by atoms with Gasteiger partial charge in [-0.15, -0.1) is 11.8 Å². The van der Waals surface area contributed by atoms with Gasteiger partial charge in [-0.3, -0.25) is 4.79 Å². The van der Waals surface area contributed by atoms with Crippen molar-refractivity contribution in [3.63, 3.8) is 0 Å². The van der Waals surface area contributed by atoms with Gasteiger partial charge >= 0.3 is 0 Å². The number of anilines is 1. The summed E-state index contributed by atoms with van der Waals surface area (Å²) in [7, 11) is 0. The number of carbonyl (C=O) groups excluding carboxylic acids is 1. The fourth-order valence-electron chi connectivity index (χ4n) is 3.26. The maximum absolute atomic E-state index is 12.4. The van der Waals surface area contributed by atoms with Crippen molar-refractivity contribution in [1.82, 2.24) is 19.7 Å². The molecule has 1 aromatic carbocycles. The predicted molar refractivity (Wildman–Crippen MR) is 108 cm³/mol. The molecular formula is C19H18ClN5OS. The maximum Gasteiger partial charge on any atom is 0.252 e. The van der Waals surface area contributed by atoms with Gasteiger partial charge in [0.25, 0.3) is 5.95 Å². The molecule has 0 unspecified atom stereocenters. The molecule has 1 aliphatic heterocycles. The zero-order chi connectivity index (χ0) is 19.1. The van der Waals surface area contributed by atoms with Crippen molar-refractivity contribution < 1.29 is 4.79 Å². The number of fused-ring (bicyclic) bond motifs is 1. The molecule has 1 N–H and O–H groups in total. The molecule has 27 heavy (non-hydrogen) atoms. The molecule has 2 aromatic heterocycles. The van der Waals surface area contributed by atoms with E-state index >= 15 is 0 Å². The molecule has 0 spiro atoms. The van der Waals surface area contributed by atoms with Crippen molar-refractivity contribution in [2.75, 3.05) is 11.1 Å². The first-order valence-electron chi connectivity index (χ1n) is 8.51. The predicted octanol–water partition coefficient (Wildman–Crippen LogP) is 4.02. The van der Waals surface area contributed by atoms with Crippen LogP contribution < -0.4 is 5.32 Å². The van der Waals surface area contributed by atoms with E-state index in [0.29, 0.717) is 22.5 Å². The second-order valence-electron chi connectivity index (χ2n) is 6.50. The average molecular weight is 400 g/mol. The van der Waals surface area contributed by atoms with E-state index in [2.05, 4.69) is 20.4 Å². The zero-order valence-corrected chi connectivity index (χ0v) is 16.7. The molecule has 1 atom stereocenters. The highest BCUT2D eigenvalue weighted by Crippen LogP contribution is 2.44. The highest BCUT2D eigenvalue weighted by Gasteiger charge is 2.31. The Morgan fingerprint density at radius 2 is 1.93 bits per heavy atom. The van der Waals surface area contributed by atoms with E-state index in [0.717, 1.165) is 28.2 Å². The summed E-state index contributed by atoms with van der Waals surface area (Å²) in [5.41, 5.74) is 4.51. The second-order valence-corrected chi connectivity index (χ2v) is 8.03. The molecule has 3 heterocycles. The fourth-order valence-corrected chi connectivity index (χ4v) is 4.64. The molecule has 3 aromatic rings. The number of benzene rings is 1. The maximum atomic E-state index is 12.4. The number of aryl methyl sites for hydroxylation is 3. The topological polar surface area (TPSA) is 72.7 Å². The van der Waals surface area contributed by atoms with Gasteiger partial charge in [0, 0.05) is 22.0 Å². The summed E-state index contributed by atoms with van der Waals surface area (Å²) in [6, 6.07) is 9.62. The van der Waals surface area contributed by atoms with Crippen LogP contribution in [0.25, 0.3) is 5.95 Å². The Hall–Kier alpha value is -2.38. The first-order valence-corrected chi connectivity index (χ1v) is 9.94. The van der Waals surface area contributed by atoms with Gasteiger partial charge in [-0.2, -0.15) is 9.78 Å². The van der Waals surface area contributed by atoms with Gasteiger partial charge in [0.15, 0.2) is 0 Å². The Labute approximate surface area is 166 Å². The minimum Gasteiger partial charge on any atom is -0.309 e. The smallest absolute Gasteiger partial charge is 0.252 e. The summed E-state index contributed by atoms with van der Waals surface area (Å²) in [5.74, 6) is 1.35. The molecule has 1 aliphatic rings. The lowest BCUT2D eigenvalue weighted by Crippen LogP contribution is -2.17. The summed E-state index contributed by atoms with van der Waals surface area (Å²) in [6.45, 7) is 5.76. The van der Waals surface area contributed by atoms with Crippen LogP contribution in [0.2, 0.25) is 5.02 Å². The molecule has 1 amide bonds. The number of hydrogen-bond acceptors (Lipinski definition) is 5. The van der Waals surface area contributed by atoms with Crippen molar-refractivity contribution in [2.24, 2.45) is 0 Å². The van der Waals surface area contributed by atoms with E-state index in [1.54, 1.807) is 16.4 Å². The van der Waals surface area contributed by atoms with E-state index in [9.17, 15) is 4.79 Å². The molecule has 4 rings (SSSR count). The number of halogens is 1. The third kappa shape index (κ3) is 3.44. The summed E-state index contributed by atoms with van der Waals surface area (Å²) in [6.07, 6.45) is 0. The second kappa shape index (κ2) is 6.98. The van der Waals surface area contributed by atoms with Crippen molar-refractivity contribution in [1.29, 1.82) is 0 Å². The summed E-state index contributed by atoms with van der Waals surface area (Å²) in [5, 5.41) is 8.25. The Kier molecular flexibility index (Phi) is 4.65. The fraction of sp³-hybridized carbons (Fsp3) is 0.263. The highest BCUT2D eigenvalue weighted by molar-refractivity contribution is 8.00. The first-order chi connectivity index (χ1) is 12.9. The SMILES string of the molecule is Cc1cc(C)nc(-n2nc(C)c3c2NC(=O)CS[C@H]3c2cccc(Cl)c2)n1. The molecule has 0 saturated carbocycles. The van der Waals surface area contributed by atoms with Crippen molar-refractivity contribution in [3.05, 3.63) is 63.6 Å². The van der Waals surface area contributed by atoms with Crippen LogP contribution in [0, 0.1) is 20.8 Å². The van der Waals surface area contributed by atoms with Crippen LogP contribution in [0.1, 0.15) is 33.5 Å². The van der Waals surface area contributed by atoms with Crippen LogP contribution in [0.15, 0.2) is 30.3 Å². The first kappa shape index (κ1) is 18.0. The normalized spacial score (nSPS) is 16.6. The van der Waals surface area contributed by atoms with Crippen molar-refractivity contribution >= 4 is 35.1 Å². The quantitative estimate of drug-likeness (QED) is 0.704. The lowest BCUT2D eigenvalue weighted by molar-refractivity contribution is -0.113. The van der Waals surface area contributed by atoms with Crippen LogP contribution in [0.5, 0.6) is 0 Å². The van der Waals surface area contributed by atoms with Crippen LogP contribution in [-0.4, -0.2) is 31.4 Å². The number of rotatable bonds is 2. The molecule has 0 bridgehead atoms. The monoisotopic (exact) mass is 399 g/mol. The summed E-state index contributed by atoms with van der Waals surface area (Å²) >= 11 is 7.76. The van der Waals surface area contributed by atoms with Crippen molar-refractivity contribution in [3.8, 4) is 5.95 Å². The molecule has 6 nitrogen and oxygen atoms in total. The van der Waals surface area contributed by atoms with Gasteiger partial charge in [-0.05, 0) is 44.5 Å². The Balaban J connectivity index is 1.91. The average Bonchev–Trinajstić information content (AvgIpc) is 2.81. The Bertz CT molecular complexity index is 1030. The molecule has 0 radical (unpaired) electrons. The van der Waals surface area contributed by atoms with E-state index in [4.69, 9.17) is 11.6 Å². The van der Waals surface area contributed by atoms with Crippen LogP contribution >= 0.6 is 23.4 Å². The molecule has 138 valence electrons. The van der Waals surface area contributed by atoms with Crippen LogP contribution in [0.4, 0.5) is 5.82 Å². The van der Waals surface area contributed by atoms with Crippen LogP contribution in [-0.2, 0) is 4.79 Å². The molecule has 0 fully saturated rings. The summed E-state index contributed by atoms with van der Waals surface area (Å²) in [4.78, 5) is 21.4. The summed E-state index contributed by atoms with van der Waals surface area (Å²) < 4.78 is 1.63. The highest BCUT2D eigenvalue weighted by atomic mass is 35.5. The molecule has 8 heteroatoms. The van der Waals surface area contributed by atoms with E-state index in [1.807, 2.05) is 51.1 Å². The van der Waals surface area contributed by atoms with Crippen molar-refractivity contribution in [2.45, 2.75) is 26.0 Å². The van der Waals surface area contributed by atoms with Gasteiger partial charge in [0.2, 0.25) is 5.91 Å². The molecule has 0 aliphatic carbocycles. The van der Waals surface area contributed by atoms with Gasteiger partial charge < -0.3 is 5.32 Å². The number of thioether (sulfide) groups is 1. The Morgan fingerprint density at radius 3 is 2.63 bits per heavy atom. The molecular weight excluding hydrogens is 382 g/mol. The third-order valence-electron chi connectivity index (χ3n) is 4.32. The van der Waals surface area contributed by atoms with Gasteiger partial charge in [-0.25, -0.2) is 9.97 Å². The number of nitrogens with zero attached hydrogens (tertiary/aromatic N) is 4. The third-order valence-corrected chi connectivity index (χ3v) is 5.82. The van der Waals surface area contributed by atoms with E-state index in [1.165, 1.54) is 0 Å². The Morgan fingerprint density at radius 1 is 1.19 bits per heavy atom. The minimum atomic E-state index is -0.0729. The van der Waals surface area contributed by atoms with Gasteiger partial charge in [0.05, 0.1) is 16.7 Å².